The largest absolute Gasteiger partial charge is 0.462 e. The standard InChI is InChI=1S/C20H23ClN2O5S/c1-5-28-20(25)15-7-6-13(2)17(11-15)22-19(24)12-23(29(4,26)27)18-9-8-16(21)10-14(18)3/h6-11H,5,12H2,1-4H3,(H,22,24). The molecule has 0 aliphatic carbocycles. The summed E-state index contributed by atoms with van der Waals surface area (Å²) in [6, 6.07) is 9.53. The number of esters is 1. The van der Waals surface area contributed by atoms with Crippen molar-refractivity contribution in [2.24, 2.45) is 0 Å². The van der Waals surface area contributed by atoms with Gasteiger partial charge in [-0.15, -0.1) is 0 Å². The molecule has 7 nitrogen and oxygen atoms in total. The number of aryl methyl sites for hydroxylation is 2. The van der Waals surface area contributed by atoms with Crippen LogP contribution in [0.15, 0.2) is 36.4 Å². The third-order valence-corrected chi connectivity index (χ3v) is 5.50. The average Bonchev–Trinajstić information content (AvgIpc) is 2.61. The Balaban J connectivity index is 2.27. The second kappa shape index (κ2) is 9.28. The number of rotatable bonds is 7. The van der Waals surface area contributed by atoms with Crippen molar-refractivity contribution in [3.05, 3.63) is 58.1 Å². The minimum absolute atomic E-state index is 0.234. The first kappa shape index (κ1) is 22.7. The summed E-state index contributed by atoms with van der Waals surface area (Å²) in [5, 5.41) is 3.14. The van der Waals surface area contributed by atoms with Crippen LogP contribution < -0.4 is 9.62 Å². The molecule has 2 rings (SSSR count). The van der Waals surface area contributed by atoms with E-state index < -0.39 is 28.4 Å². The lowest BCUT2D eigenvalue weighted by molar-refractivity contribution is -0.114. The van der Waals surface area contributed by atoms with Gasteiger partial charge >= 0.3 is 5.97 Å². The lowest BCUT2D eigenvalue weighted by atomic mass is 10.1. The minimum Gasteiger partial charge on any atom is -0.462 e. The van der Waals surface area contributed by atoms with E-state index in [-0.39, 0.29) is 6.61 Å². The van der Waals surface area contributed by atoms with Crippen LogP contribution >= 0.6 is 11.6 Å². The van der Waals surface area contributed by atoms with Crippen molar-refractivity contribution in [2.75, 3.05) is 29.0 Å². The lowest BCUT2D eigenvalue weighted by Crippen LogP contribution is -2.38. The smallest absolute Gasteiger partial charge is 0.338 e. The molecule has 1 amide bonds. The zero-order valence-corrected chi connectivity index (χ0v) is 18.2. The van der Waals surface area contributed by atoms with Crippen molar-refractivity contribution in [3.8, 4) is 0 Å². The first-order valence-electron chi connectivity index (χ1n) is 8.84. The van der Waals surface area contributed by atoms with Gasteiger partial charge in [-0.3, -0.25) is 9.10 Å². The predicted octanol–water partition coefficient (Wildman–Crippen LogP) is 3.54. The summed E-state index contributed by atoms with van der Waals surface area (Å²) < 4.78 is 30.6. The van der Waals surface area contributed by atoms with Gasteiger partial charge in [0.1, 0.15) is 6.54 Å². The van der Waals surface area contributed by atoms with E-state index in [0.29, 0.717) is 27.5 Å². The predicted molar refractivity (Wildman–Crippen MR) is 114 cm³/mol. The molecule has 1 N–H and O–H groups in total. The Kier molecular flexibility index (Phi) is 7.26. The normalized spacial score (nSPS) is 11.1. The number of hydrogen-bond acceptors (Lipinski definition) is 5. The van der Waals surface area contributed by atoms with Crippen LogP contribution in [-0.4, -0.2) is 39.7 Å². The van der Waals surface area contributed by atoms with Crippen LogP contribution in [0.25, 0.3) is 0 Å². The zero-order valence-electron chi connectivity index (χ0n) is 16.7. The van der Waals surface area contributed by atoms with Crippen LogP contribution in [0.2, 0.25) is 5.02 Å². The maximum absolute atomic E-state index is 12.6. The molecule has 0 radical (unpaired) electrons. The number of carbonyl (C=O) groups excluding carboxylic acids is 2. The first-order valence-corrected chi connectivity index (χ1v) is 11.1. The van der Waals surface area contributed by atoms with Gasteiger partial charge in [-0.1, -0.05) is 17.7 Å². The fraction of sp³-hybridized carbons (Fsp3) is 0.300. The number of carbonyl (C=O) groups is 2. The maximum atomic E-state index is 12.6. The number of hydrogen-bond donors (Lipinski definition) is 1. The lowest BCUT2D eigenvalue weighted by Gasteiger charge is -2.24. The Hall–Kier alpha value is -2.58. The van der Waals surface area contributed by atoms with Crippen LogP contribution in [-0.2, 0) is 19.6 Å². The van der Waals surface area contributed by atoms with E-state index in [1.54, 1.807) is 51.1 Å². The molecule has 0 atom stereocenters. The summed E-state index contributed by atoms with van der Waals surface area (Å²) in [7, 11) is -3.72. The van der Waals surface area contributed by atoms with Gasteiger partial charge in [0.25, 0.3) is 0 Å². The highest BCUT2D eigenvalue weighted by Gasteiger charge is 2.23. The van der Waals surface area contributed by atoms with Gasteiger partial charge < -0.3 is 10.1 Å². The topological polar surface area (TPSA) is 92.8 Å². The zero-order chi connectivity index (χ0) is 21.8. The van der Waals surface area contributed by atoms with Gasteiger partial charge in [0.15, 0.2) is 0 Å². The van der Waals surface area contributed by atoms with Crippen LogP contribution in [0.3, 0.4) is 0 Å². The third-order valence-electron chi connectivity index (χ3n) is 4.14. The first-order chi connectivity index (χ1) is 13.5. The summed E-state index contributed by atoms with van der Waals surface area (Å²) in [5.74, 6) is -1.05. The molecule has 0 fully saturated rings. The number of amides is 1. The number of ether oxygens (including phenoxy) is 1. The molecular formula is C20H23ClN2O5S. The average molecular weight is 439 g/mol. The third kappa shape index (κ3) is 5.95. The number of sulfonamides is 1. The highest BCUT2D eigenvalue weighted by molar-refractivity contribution is 7.92. The van der Waals surface area contributed by atoms with Gasteiger partial charge in [0.2, 0.25) is 15.9 Å². The second-order valence-corrected chi connectivity index (χ2v) is 8.84. The van der Waals surface area contributed by atoms with Crippen molar-refractivity contribution in [2.45, 2.75) is 20.8 Å². The van der Waals surface area contributed by atoms with Crippen LogP contribution in [0.5, 0.6) is 0 Å². The van der Waals surface area contributed by atoms with Crippen molar-refractivity contribution >= 4 is 44.9 Å². The number of anilines is 2. The highest BCUT2D eigenvalue weighted by atomic mass is 35.5. The summed E-state index contributed by atoms with van der Waals surface area (Å²) in [4.78, 5) is 24.5. The maximum Gasteiger partial charge on any atom is 0.338 e. The van der Waals surface area contributed by atoms with Gasteiger partial charge in [-0.2, -0.15) is 0 Å². The van der Waals surface area contributed by atoms with Crippen molar-refractivity contribution in [1.82, 2.24) is 0 Å². The molecule has 0 aliphatic heterocycles. The molecule has 2 aromatic carbocycles. The monoisotopic (exact) mass is 438 g/mol. The van der Waals surface area contributed by atoms with Gasteiger partial charge in [-0.25, -0.2) is 13.2 Å². The molecule has 0 spiro atoms. The summed E-state index contributed by atoms with van der Waals surface area (Å²) in [6.07, 6.45) is 1.03. The molecule has 2 aromatic rings. The minimum atomic E-state index is -3.72. The fourth-order valence-corrected chi connectivity index (χ4v) is 3.84. The van der Waals surface area contributed by atoms with Crippen LogP contribution in [0.4, 0.5) is 11.4 Å². The molecule has 0 bridgehead atoms. The summed E-state index contributed by atoms with van der Waals surface area (Å²) >= 11 is 5.94. The van der Waals surface area contributed by atoms with E-state index in [1.807, 2.05) is 0 Å². The molecule has 9 heteroatoms. The SMILES string of the molecule is CCOC(=O)c1ccc(C)c(NC(=O)CN(c2ccc(Cl)cc2C)S(C)(=O)=O)c1. The molecule has 0 unspecified atom stereocenters. The summed E-state index contributed by atoms with van der Waals surface area (Å²) in [5.41, 5.74) is 2.41. The van der Waals surface area contributed by atoms with E-state index in [2.05, 4.69) is 5.32 Å². The Morgan fingerprint density at radius 1 is 1.10 bits per heavy atom. The molecule has 0 heterocycles. The number of benzene rings is 2. The van der Waals surface area contributed by atoms with E-state index >= 15 is 0 Å². The molecular weight excluding hydrogens is 416 g/mol. The van der Waals surface area contributed by atoms with Gasteiger partial charge in [-0.05, 0) is 62.2 Å². The Labute approximate surface area is 175 Å². The fourth-order valence-electron chi connectivity index (χ4n) is 2.70. The molecule has 0 aliphatic rings. The molecule has 156 valence electrons. The summed E-state index contributed by atoms with van der Waals surface area (Å²) in [6.45, 7) is 4.99. The van der Waals surface area contributed by atoms with E-state index in [4.69, 9.17) is 16.3 Å². The Morgan fingerprint density at radius 3 is 2.38 bits per heavy atom. The van der Waals surface area contributed by atoms with Crippen molar-refractivity contribution in [3.63, 3.8) is 0 Å². The number of nitrogens with one attached hydrogen (secondary N) is 1. The molecule has 0 aromatic heterocycles. The quantitative estimate of drug-likeness (QED) is 0.667. The molecule has 0 saturated heterocycles. The van der Waals surface area contributed by atoms with E-state index in [0.717, 1.165) is 16.1 Å². The van der Waals surface area contributed by atoms with Crippen molar-refractivity contribution in [1.29, 1.82) is 0 Å². The molecule has 29 heavy (non-hydrogen) atoms. The van der Waals surface area contributed by atoms with Crippen LogP contribution in [0.1, 0.15) is 28.4 Å². The van der Waals surface area contributed by atoms with E-state index in [1.165, 1.54) is 6.07 Å². The van der Waals surface area contributed by atoms with E-state index in [9.17, 15) is 18.0 Å². The number of nitrogens with zero attached hydrogens (tertiary/aromatic N) is 1. The molecule has 0 saturated carbocycles. The van der Waals surface area contributed by atoms with Gasteiger partial charge in [0.05, 0.1) is 24.1 Å². The van der Waals surface area contributed by atoms with Crippen LogP contribution in [0, 0.1) is 13.8 Å². The highest BCUT2D eigenvalue weighted by Crippen LogP contribution is 2.26. The number of halogens is 1. The Bertz CT molecular complexity index is 1040. The Morgan fingerprint density at radius 2 is 1.79 bits per heavy atom. The second-order valence-electron chi connectivity index (χ2n) is 6.50. The van der Waals surface area contributed by atoms with Gasteiger partial charge in [0, 0.05) is 10.7 Å². The van der Waals surface area contributed by atoms with Crippen molar-refractivity contribution < 1.29 is 22.7 Å².